The van der Waals surface area contributed by atoms with E-state index in [-0.39, 0.29) is 56.8 Å². The van der Waals surface area contributed by atoms with Gasteiger partial charge in [-0.2, -0.15) is 39.5 Å². The molecular weight excluding hydrogens is 1230 g/mol. The Kier molecular flexibility index (Phi) is 27.5. The molecule has 0 spiro atoms. The van der Waals surface area contributed by atoms with Crippen LogP contribution in [0.25, 0.3) is 22.5 Å². The molecule has 1 aliphatic rings. The molecule has 5 N–H and O–H groups in total. The quantitative estimate of drug-likeness (QED) is 0.0327. The van der Waals surface area contributed by atoms with Crippen molar-refractivity contribution in [2.75, 3.05) is 5.43 Å². The third-order valence-electron chi connectivity index (χ3n) is 10.7. The number of hydrogen-bond donors (Lipinski definition) is 4. The van der Waals surface area contributed by atoms with Gasteiger partial charge in [0.05, 0.1) is 59.8 Å². The molecule has 6 aromatic heterocycles. The third kappa shape index (κ3) is 20.5. The molecule has 1 saturated heterocycles. The second kappa shape index (κ2) is 29.8. The van der Waals surface area contributed by atoms with Gasteiger partial charge in [0.25, 0.3) is 17.6 Å². The highest BCUT2D eigenvalue weighted by Gasteiger charge is 2.54. The molecule has 0 unspecified atom stereocenters. The Morgan fingerprint density at radius 2 is 0.866 bits per heavy atom. The van der Waals surface area contributed by atoms with E-state index in [9.17, 15) is 52.7 Å². The molecule has 0 bridgehead atoms. The fourth-order valence-corrected chi connectivity index (χ4v) is 5.51. The molecule has 0 radical (unpaired) electrons. The van der Waals surface area contributed by atoms with Gasteiger partial charge in [-0.05, 0) is 103 Å². The maximum Gasteiger partial charge on any atom is 0.496 e. The second-order valence-electron chi connectivity index (χ2n) is 18.3. The van der Waals surface area contributed by atoms with E-state index in [1.54, 1.807) is 6.20 Å². The Morgan fingerprint density at radius 3 is 1.15 bits per heavy atom. The summed E-state index contributed by atoms with van der Waals surface area (Å²) in [6.07, 6.45) is -2.33. The van der Waals surface area contributed by atoms with E-state index in [1.165, 1.54) is 37.2 Å². The van der Waals surface area contributed by atoms with Crippen molar-refractivity contribution in [3.05, 3.63) is 106 Å². The minimum atomic E-state index is -4.67. The number of nitrogens with zero attached hydrogens (tertiary/aromatic N) is 9. The summed E-state index contributed by atoms with van der Waals surface area (Å²) < 4.78 is 183. The van der Waals surface area contributed by atoms with Gasteiger partial charge in [0.2, 0.25) is 0 Å². The highest BCUT2D eigenvalue weighted by molar-refractivity contribution is 9.10. The molecule has 0 saturated carbocycles. The molecule has 0 aliphatic carbocycles. The molecule has 0 aromatic carbocycles. The van der Waals surface area contributed by atoms with Gasteiger partial charge in [-0.1, -0.05) is 45.5 Å². The number of hydrogen-bond acceptors (Lipinski definition) is 18. The zero-order chi connectivity index (χ0) is 60.3. The fraction of sp³-hybridized carbons (Fsp3) is 0.438. The van der Waals surface area contributed by atoms with Gasteiger partial charge >= 0.3 is 25.6 Å². The van der Waals surface area contributed by atoms with E-state index in [1.807, 2.05) is 27.7 Å². The van der Waals surface area contributed by atoms with Gasteiger partial charge in [-0.15, -0.1) is 0 Å². The summed E-state index contributed by atoms with van der Waals surface area (Å²) in [4.78, 5) is 33.9. The van der Waals surface area contributed by atoms with Crippen molar-refractivity contribution in [2.24, 2.45) is 5.84 Å². The van der Waals surface area contributed by atoms with Crippen LogP contribution in [0.3, 0.4) is 0 Å². The molecule has 0 atom stereocenters. The molecule has 1 fully saturated rings. The van der Waals surface area contributed by atoms with Crippen molar-refractivity contribution in [3.8, 4) is 40.2 Å². The number of anilines is 1. The maximum atomic E-state index is 14.1. The maximum absolute atomic E-state index is 14.1. The van der Waals surface area contributed by atoms with Gasteiger partial charge in [0.15, 0.2) is 40.1 Å². The lowest BCUT2D eigenvalue weighted by molar-refractivity contribution is -0.236. The van der Waals surface area contributed by atoms with Gasteiger partial charge in [0, 0.05) is 36.6 Å². The molecule has 0 amide bonds. The number of ether oxygens (including phenoxy) is 3. The van der Waals surface area contributed by atoms with E-state index in [4.69, 9.17) is 54.2 Å². The predicted octanol–water partition coefficient (Wildman–Crippen LogP) is 14.6. The van der Waals surface area contributed by atoms with Crippen LogP contribution in [0.1, 0.15) is 92.9 Å². The number of nitrogen functional groups attached to an aromatic ring is 1. The Labute approximate surface area is 485 Å². The molecule has 34 heteroatoms. The predicted molar refractivity (Wildman–Crippen MR) is 288 cm³/mol. The molecule has 82 heavy (non-hydrogen) atoms. The monoisotopic (exact) mass is 1290 g/mol. The summed E-state index contributed by atoms with van der Waals surface area (Å²) in [5.41, 5.74) is 4.61. The van der Waals surface area contributed by atoms with Crippen LogP contribution in [0.5, 0.6) is 17.6 Å². The minimum absolute atomic E-state index is 0. The van der Waals surface area contributed by atoms with Crippen molar-refractivity contribution in [2.45, 2.75) is 138 Å². The number of alkyl halides is 9. The first kappa shape index (κ1) is 75.7. The lowest BCUT2D eigenvalue weighted by atomic mass is 9.80. The Balaban J connectivity index is 0. The van der Waals surface area contributed by atoms with E-state index < -0.39 is 88.7 Å². The third-order valence-corrected chi connectivity index (χ3v) is 11.5. The van der Waals surface area contributed by atoms with Crippen molar-refractivity contribution >= 4 is 57.5 Å². The molecule has 6 aromatic rings. The standard InChI is InChI=1S/C15H20BF4NO3.C13H10ClF4N3O.C13H13F4N5O.C4H2BrClN2.3CH4.H2N2.H2/c1-12(2)13(3,4)24-16(23-12)9-7-10(17)11(21-8-9)22-14(5,6)15(18,19)20;1-12(2,13(16,17)18)22-11-8(15)3-7(4-21-11)9-5-20-10(14)6-19-9;1-12(2,13(15,16)17)23-11-8(14)3-7(4-21-11)9-5-20-10(22-18)6-19-9;5-3-1-8-4(6)2-7-3;;;;1-2;/h7-8H,1-6H3;3-6H,1-2H3;3-6H,18H2,1-2H3,(H,20,22);1-2H;3*1H4;1-2H;1H. The fourth-order valence-electron chi connectivity index (χ4n) is 5.11. The first-order valence-electron chi connectivity index (χ1n) is 21.9. The zero-order valence-corrected chi connectivity index (χ0v) is 45.9. The first-order chi connectivity index (χ1) is 36.2. The van der Waals surface area contributed by atoms with Gasteiger partial charge in [-0.25, -0.2) is 65.0 Å². The number of nitrogens with one attached hydrogen (secondary N) is 3. The average molecular weight is 1290 g/mol. The highest BCUT2D eigenvalue weighted by atomic mass is 79.9. The summed E-state index contributed by atoms with van der Waals surface area (Å²) in [7, 11) is -0.860. The highest BCUT2D eigenvalue weighted by Crippen LogP contribution is 2.39. The number of rotatable bonds is 10. The van der Waals surface area contributed by atoms with Crippen molar-refractivity contribution in [3.63, 3.8) is 0 Å². The molecule has 7 heterocycles. The van der Waals surface area contributed by atoms with E-state index in [0.717, 1.165) is 72.1 Å². The largest absolute Gasteiger partial charge is 0.496 e. The lowest BCUT2D eigenvalue weighted by Gasteiger charge is -2.32. The van der Waals surface area contributed by atoms with Crippen molar-refractivity contribution in [1.82, 2.24) is 44.9 Å². The zero-order valence-electron chi connectivity index (χ0n) is 42.8. The van der Waals surface area contributed by atoms with Crippen molar-refractivity contribution in [1.29, 1.82) is 11.1 Å². The number of nitrogens with two attached hydrogens (primary N) is 1. The lowest BCUT2D eigenvalue weighted by Crippen LogP contribution is -2.45. The first-order valence-corrected chi connectivity index (χ1v) is 23.5. The van der Waals surface area contributed by atoms with Gasteiger partial charge < -0.3 is 28.9 Å². The van der Waals surface area contributed by atoms with E-state index >= 15 is 0 Å². The smallest absolute Gasteiger partial charge is 0.460 e. The molecule has 1 aliphatic heterocycles. The summed E-state index contributed by atoms with van der Waals surface area (Å²) in [5, 5.41) is 0.567. The number of hydrazine groups is 1. The van der Waals surface area contributed by atoms with Crippen molar-refractivity contribution < 1.29 is 77.6 Å². The Hall–Kier alpha value is -6.35. The topological polar surface area (TPSA) is 248 Å². The van der Waals surface area contributed by atoms with Crippen LogP contribution >= 0.6 is 39.1 Å². The SMILES string of the molecule is C.C.C.CC(C)(Oc1ncc(-c2cnc(Cl)cn2)cc1F)C(F)(F)F.CC(C)(Oc1ncc(-c2cnc(NN)cn2)cc1F)C(F)(F)F.CC(C)(Oc1ncc(B2OC(C)(C)C(C)(C)O2)cc1F)C(F)(F)F.Clc1cnc(Br)cn1.N=N.[HH]. The number of pyridine rings is 3. The van der Waals surface area contributed by atoms with Gasteiger partial charge in [0.1, 0.15) is 14.9 Å². The molecule has 18 nitrogen and oxygen atoms in total. The van der Waals surface area contributed by atoms with E-state index in [0.29, 0.717) is 15.6 Å². The van der Waals surface area contributed by atoms with Crippen LogP contribution in [0.15, 0.2) is 78.6 Å². The Morgan fingerprint density at radius 1 is 0.524 bits per heavy atom. The van der Waals surface area contributed by atoms with Crippen LogP contribution in [-0.4, -0.2) is 98.5 Å². The second-order valence-corrected chi connectivity index (χ2v) is 19.9. The molecular formula is C48H61BBrCl2F12N13O5. The van der Waals surface area contributed by atoms with Crippen LogP contribution < -0.4 is 30.9 Å². The summed E-state index contributed by atoms with van der Waals surface area (Å²) in [6, 6.07) is 2.94. The van der Waals surface area contributed by atoms with Gasteiger partial charge in [-0.3, -0.25) is 9.97 Å². The average Bonchev–Trinajstić information content (AvgIpc) is 3.77. The van der Waals surface area contributed by atoms with E-state index in [2.05, 4.69) is 75.7 Å². The number of aromatic nitrogens is 9. The summed E-state index contributed by atoms with van der Waals surface area (Å²) >= 11 is 14.1. The number of halogens is 15. The summed E-state index contributed by atoms with van der Waals surface area (Å²) in [5.74, 6) is 0.141. The molecule has 456 valence electrons. The van der Waals surface area contributed by atoms with Crippen LogP contribution in [0, 0.1) is 28.5 Å². The minimum Gasteiger partial charge on any atom is -0.460 e. The Bertz CT molecular complexity index is 2930. The van der Waals surface area contributed by atoms with Crippen LogP contribution in [-0.2, 0) is 9.31 Å². The van der Waals surface area contributed by atoms with Crippen LogP contribution in [0.4, 0.5) is 58.5 Å². The van der Waals surface area contributed by atoms with Crippen LogP contribution in [0.2, 0.25) is 10.3 Å². The normalized spacial score (nSPS) is 13.6. The summed E-state index contributed by atoms with van der Waals surface area (Å²) in [6.45, 7) is 12.1. The molecule has 7 rings (SSSR count).